The maximum atomic E-state index is 11.3. The number of carbonyl (C=O) groups is 2. The lowest BCUT2D eigenvalue weighted by molar-refractivity contribution is -0.115. The van der Waals surface area contributed by atoms with Gasteiger partial charge < -0.3 is 51.5 Å². The number of pyridine rings is 1. The summed E-state index contributed by atoms with van der Waals surface area (Å²) in [5, 5.41) is 79.1. The van der Waals surface area contributed by atoms with Crippen LogP contribution in [0.5, 0.6) is 34.5 Å². The molecular weight excluding hydrogens is 1240 g/mol. The Bertz CT molecular complexity index is 3670. The average molecular weight is 1360 g/mol. The third-order valence-corrected chi connectivity index (χ3v) is 15.5. The number of hydrogen-bond donors (Lipinski definition) is 11. The zero-order valence-corrected chi connectivity index (χ0v) is 63.1. The number of aryl methyl sites for hydroxylation is 2. The molecule has 0 fully saturated rings. The van der Waals surface area contributed by atoms with Crippen molar-refractivity contribution >= 4 is 39.4 Å². The highest BCUT2D eigenvalue weighted by Crippen LogP contribution is 2.36. The number of aliphatic hydroxyl groups excluding tert-OH is 2. The lowest BCUT2D eigenvalue weighted by atomic mass is 9.83. The van der Waals surface area contributed by atoms with E-state index in [1.54, 1.807) is 42.5 Å². The lowest BCUT2D eigenvalue weighted by Crippen LogP contribution is -2.14. The van der Waals surface area contributed by atoms with E-state index in [-0.39, 0.29) is 105 Å². The molecule has 0 saturated heterocycles. The van der Waals surface area contributed by atoms with Crippen LogP contribution in [0.15, 0.2) is 121 Å². The molecule has 0 aliphatic carbocycles. The van der Waals surface area contributed by atoms with Crippen LogP contribution in [0.1, 0.15) is 234 Å². The van der Waals surface area contributed by atoms with Crippen LogP contribution in [0.25, 0.3) is 0 Å². The maximum Gasteiger partial charge on any atom is 0.229 e. The number of nitrogens with one attached hydrogen (secondary N) is 3. The fraction of sp³-hybridized carbons (Fsp3) is 0.463. The minimum Gasteiger partial charge on any atom is -0.508 e. The highest BCUT2D eigenvalue weighted by Gasteiger charge is 2.26. The molecule has 97 heavy (non-hydrogen) atoms. The van der Waals surface area contributed by atoms with E-state index in [9.17, 15) is 43.5 Å². The Labute approximate surface area is 582 Å². The van der Waals surface area contributed by atoms with Gasteiger partial charge in [0.2, 0.25) is 22.3 Å². The number of anilines is 3. The summed E-state index contributed by atoms with van der Waals surface area (Å²) in [6.07, 6.45) is 2.14. The van der Waals surface area contributed by atoms with Crippen molar-refractivity contribution in [3.05, 3.63) is 188 Å². The number of aromatic nitrogens is 1. The lowest BCUT2D eigenvalue weighted by Gasteiger charge is -2.21. The Morgan fingerprint density at radius 1 is 0.485 bits per heavy atom. The largest absolute Gasteiger partial charge is 0.508 e. The molecule has 8 rings (SSSR count). The van der Waals surface area contributed by atoms with Crippen molar-refractivity contribution in [2.24, 2.45) is 0 Å². The smallest absolute Gasteiger partial charge is 0.229 e. The summed E-state index contributed by atoms with van der Waals surface area (Å²) in [7, 11) is -3.37. The van der Waals surface area contributed by atoms with E-state index in [2.05, 4.69) is 148 Å². The van der Waals surface area contributed by atoms with Gasteiger partial charge in [0.05, 0.1) is 43.0 Å². The number of hydrogen-bond acceptors (Lipinski definition) is 13. The van der Waals surface area contributed by atoms with Crippen LogP contribution in [-0.4, -0.2) is 72.8 Å². The van der Waals surface area contributed by atoms with Gasteiger partial charge in [-0.3, -0.25) is 19.3 Å². The van der Waals surface area contributed by atoms with Crippen molar-refractivity contribution in [1.82, 2.24) is 4.98 Å². The molecule has 16 nitrogen and oxygen atoms in total. The van der Waals surface area contributed by atoms with Gasteiger partial charge in [-0.25, -0.2) is 8.42 Å². The SMILES string of the molecule is C.CC.CC(C)(C)c1cc(O)cc(O)c1.CC(C)(C)c1ccc(O)c(NC=O)c1.CC(C)(C)c1ccc(O)c(NS(C)(=O)=O)c1.CC(C)(C)c1ccc(O)c(O)c1.CC(C)(C)c1cccc2c1CC(=O)N2.Cc1ccc(C(C)(C)C)cc1CO.Cc1ccc(C(C)(C)C)nc1CO. The molecule has 2 amide bonds. The van der Waals surface area contributed by atoms with Gasteiger partial charge in [0.15, 0.2) is 11.5 Å². The number of phenolic OH excluding ortho intramolecular Hbond substituents is 6. The van der Waals surface area contributed by atoms with E-state index in [1.165, 1.54) is 34.9 Å². The molecule has 0 unspecified atom stereocenters. The van der Waals surface area contributed by atoms with E-state index in [0.717, 1.165) is 62.3 Å². The fourth-order valence-corrected chi connectivity index (χ4v) is 9.46. The van der Waals surface area contributed by atoms with Crippen LogP contribution in [0.2, 0.25) is 0 Å². The van der Waals surface area contributed by atoms with Gasteiger partial charge in [-0.05, 0) is 163 Å². The number of rotatable bonds is 6. The molecule has 17 heteroatoms. The number of aliphatic hydroxyl groups is 2. The number of aromatic hydroxyl groups is 6. The van der Waals surface area contributed by atoms with E-state index < -0.39 is 10.0 Å². The second-order valence-corrected chi connectivity index (χ2v) is 32.5. The van der Waals surface area contributed by atoms with Crippen molar-refractivity contribution in [3.63, 3.8) is 0 Å². The standard InChI is InChI=1S/C12H15NO.C12H18O.C11H17NO3S.C11H15NO2.C11H17NO.2C10H14O2.C2H6.CH4/c1-12(2,3)9-5-4-6-10-8(9)7-11(14)13-10;1-9-5-6-11(12(2,3)4)7-10(9)8-13;1-11(2,3)8-5-6-10(13)9(7-8)12-16(4,14)15;1-11(2,3)8-4-5-10(14)9(6-8)12-7-13;1-8-5-6-10(11(2,3)4)12-9(8)7-13;1-10(2,3)7-4-8(11)6-9(12)5-7;1-10(2,3)7-4-5-8(11)9(12)6-7;1-2;/h4-6H,7H2,1-3H3,(H,13,14);5-7,13H,8H2,1-4H3;5-7,12-13H,1-4H3;4-7,14H,1-3H3,(H,12,13);5-6,13H,7H2,1-4H3;2*4-6,11-12H,1-3H3;1-2H3;1H4. The first-order chi connectivity index (χ1) is 43.7. The van der Waals surface area contributed by atoms with Crippen molar-refractivity contribution in [2.75, 3.05) is 21.6 Å². The second-order valence-electron chi connectivity index (χ2n) is 30.8. The summed E-state index contributed by atoms with van der Waals surface area (Å²) in [6.45, 7) is 52.1. The van der Waals surface area contributed by atoms with Crippen molar-refractivity contribution in [3.8, 4) is 34.5 Å². The van der Waals surface area contributed by atoms with Gasteiger partial charge in [-0.1, -0.05) is 221 Å². The Morgan fingerprint density at radius 3 is 1.32 bits per heavy atom. The zero-order chi connectivity index (χ0) is 74.5. The molecule has 538 valence electrons. The minimum absolute atomic E-state index is 0. The predicted molar refractivity (Wildman–Crippen MR) is 404 cm³/mol. The zero-order valence-electron chi connectivity index (χ0n) is 62.3. The Morgan fingerprint density at radius 2 is 0.907 bits per heavy atom. The monoisotopic (exact) mass is 1360 g/mol. The van der Waals surface area contributed by atoms with E-state index in [0.29, 0.717) is 18.5 Å². The minimum atomic E-state index is -3.37. The number of benzene rings is 6. The maximum absolute atomic E-state index is 11.3. The third-order valence-electron chi connectivity index (χ3n) is 14.9. The first-order valence-corrected chi connectivity index (χ1v) is 34.2. The van der Waals surface area contributed by atoms with Crippen molar-refractivity contribution in [1.29, 1.82) is 0 Å². The first kappa shape index (κ1) is 88.9. The Kier molecular flexibility index (Phi) is 33.9. The Balaban J connectivity index is 0.00000110. The number of sulfonamides is 1. The number of carbonyl (C=O) groups excluding carboxylic acids is 2. The van der Waals surface area contributed by atoms with Crippen molar-refractivity contribution in [2.45, 2.75) is 238 Å². The molecule has 1 aliphatic rings. The molecule has 2 heterocycles. The summed E-state index contributed by atoms with van der Waals surface area (Å²) in [5.74, 6) is 0.227. The molecule has 7 aromatic rings. The second kappa shape index (κ2) is 37.0. The van der Waals surface area contributed by atoms with Crippen LogP contribution in [0.3, 0.4) is 0 Å². The third kappa shape index (κ3) is 30.9. The molecule has 0 spiro atoms. The fourth-order valence-electron chi connectivity index (χ4n) is 8.89. The molecular formula is C80H120N4O12S. The number of phenols is 6. The summed E-state index contributed by atoms with van der Waals surface area (Å²) < 4.78 is 24.5. The number of fused-ring (bicyclic) bond motifs is 1. The van der Waals surface area contributed by atoms with E-state index in [4.69, 9.17) is 15.3 Å². The molecule has 1 aliphatic heterocycles. The molecule has 0 atom stereocenters. The first-order valence-electron chi connectivity index (χ1n) is 32.3. The van der Waals surface area contributed by atoms with Gasteiger partial charge in [0.25, 0.3) is 0 Å². The van der Waals surface area contributed by atoms with Gasteiger partial charge in [0.1, 0.15) is 23.0 Å². The molecule has 0 radical (unpaired) electrons. The van der Waals surface area contributed by atoms with Crippen LogP contribution < -0.4 is 15.4 Å². The van der Waals surface area contributed by atoms with Gasteiger partial charge in [-0.15, -0.1) is 0 Å². The van der Waals surface area contributed by atoms with Gasteiger partial charge in [0, 0.05) is 22.9 Å². The van der Waals surface area contributed by atoms with Crippen LogP contribution in [-0.2, 0) is 77.2 Å². The molecule has 1 aromatic heterocycles. The summed E-state index contributed by atoms with van der Waals surface area (Å²) in [6, 6.07) is 36.1. The molecule has 0 bridgehead atoms. The van der Waals surface area contributed by atoms with Gasteiger partial charge in [-0.2, -0.15) is 0 Å². The topological polar surface area (TPSA) is 279 Å². The van der Waals surface area contributed by atoms with E-state index >= 15 is 0 Å². The van der Waals surface area contributed by atoms with E-state index in [1.807, 2.05) is 106 Å². The number of nitrogens with zero attached hydrogens (tertiary/aromatic N) is 1. The normalized spacial score (nSPS) is 11.9. The summed E-state index contributed by atoms with van der Waals surface area (Å²) in [4.78, 5) is 25.9. The Hall–Kier alpha value is -8.12. The van der Waals surface area contributed by atoms with Gasteiger partial charge >= 0.3 is 0 Å². The highest BCUT2D eigenvalue weighted by molar-refractivity contribution is 7.92. The predicted octanol–water partition coefficient (Wildman–Crippen LogP) is 18.2. The average Bonchev–Trinajstić information content (AvgIpc) is 1.70. The molecule has 0 saturated carbocycles. The van der Waals surface area contributed by atoms with Crippen LogP contribution in [0, 0.1) is 13.8 Å². The summed E-state index contributed by atoms with van der Waals surface area (Å²) in [5.41, 5.74) is 14.6. The summed E-state index contributed by atoms with van der Waals surface area (Å²) >= 11 is 0. The quantitative estimate of drug-likeness (QED) is 0.0547. The van der Waals surface area contributed by atoms with Crippen molar-refractivity contribution < 1.29 is 58.9 Å². The van der Waals surface area contributed by atoms with Crippen LogP contribution >= 0.6 is 0 Å². The molecule has 11 N–H and O–H groups in total. The highest BCUT2D eigenvalue weighted by atomic mass is 32.2. The number of amides is 2. The van der Waals surface area contributed by atoms with Crippen LogP contribution in [0.4, 0.5) is 17.1 Å². The molecule has 6 aromatic carbocycles.